The molecule has 0 atom stereocenters. The Balaban J connectivity index is 1.68. The fourth-order valence-electron chi connectivity index (χ4n) is 4.52. The second-order valence-electron chi connectivity index (χ2n) is 9.16. The molecule has 0 radical (unpaired) electrons. The summed E-state index contributed by atoms with van der Waals surface area (Å²) in [5, 5.41) is 2.99. The van der Waals surface area contributed by atoms with Crippen LogP contribution in [0.25, 0.3) is 11.0 Å². The summed E-state index contributed by atoms with van der Waals surface area (Å²) in [5.41, 5.74) is 2.54. The smallest absolute Gasteiger partial charge is 0.316 e. The first-order valence-corrected chi connectivity index (χ1v) is 11.8. The molecular weight excluding hydrogens is 432 g/mol. The molecule has 3 aromatic rings. The van der Waals surface area contributed by atoms with E-state index in [1.807, 2.05) is 30.3 Å². The van der Waals surface area contributed by atoms with Crippen molar-refractivity contribution in [3.63, 3.8) is 0 Å². The van der Waals surface area contributed by atoms with E-state index in [4.69, 9.17) is 4.74 Å². The van der Waals surface area contributed by atoms with E-state index < -0.39 is 11.1 Å². The number of carbonyl (C=O) groups excluding carboxylic acids is 1. The average molecular weight is 465 g/mol. The van der Waals surface area contributed by atoms with E-state index in [0.717, 1.165) is 37.2 Å². The number of aryl methyl sites for hydroxylation is 2. The van der Waals surface area contributed by atoms with Crippen LogP contribution in [-0.2, 0) is 18.9 Å². The predicted molar refractivity (Wildman–Crippen MR) is 135 cm³/mol. The Labute approximate surface area is 198 Å². The molecule has 1 fully saturated rings. The van der Waals surface area contributed by atoms with Crippen LogP contribution in [0.15, 0.2) is 46.0 Å². The Bertz CT molecular complexity index is 1330. The third kappa shape index (κ3) is 4.58. The highest BCUT2D eigenvalue weighted by molar-refractivity contribution is 5.99. The second kappa shape index (κ2) is 9.75. The number of anilines is 2. The van der Waals surface area contributed by atoms with Crippen molar-refractivity contribution in [2.45, 2.75) is 39.0 Å². The number of fused-ring (bicyclic) bond motifs is 1. The molecule has 2 heterocycles. The number of benzene rings is 2. The largest absolute Gasteiger partial charge is 0.483 e. The molecule has 8 heteroatoms. The van der Waals surface area contributed by atoms with Gasteiger partial charge in [-0.1, -0.05) is 32.0 Å². The minimum atomic E-state index is -0.605. The number of nitrogens with zero attached hydrogens (tertiary/aromatic N) is 3. The summed E-state index contributed by atoms with van der Waals surface area (Å²) in [6, 6.07) is 11.4. The lowest BCUT2D eigenvalue weighted by Gasteiger charge is -2.31. The first-order chi connectivity index (χ1) is 16.3. The first-order valence-electron chi connectivity index (χ1n) is 11.8. The van der Waals surface area contributed by atoms with E-state index >= 15 is 0 Å². The van der Waals surface area contributed by atoms with Crippen molar-refractivity contribution in [1.82, 2.24) is 9.13 Å². The van der Waals surface area contributed by atoms with Crippen LogP contribution < -0.4 is 26.1 Å². The monoisotopic (exact) mass is 464 g/mol. The number of nitrogens with one attached hydrogen (secondary N) is 1. The zero-order valence-electron chi connectivity index (χ0n) is 20.3. The Hall–Kier alpha value is -3.55. The molecule has 1 aromatic heterocycles. The van der Waals surface area contributed by atoms with Gasteiger partial charge in [0.2, 0.25) is 0 Å². The lowest BCUT2D eigenvalue weighted by Crippen LogP contribution is -2.39. The predicted octanol–water partition coefficient (Wildman–Crippen LogP) is 3.37. The lowest BCUT2D eigenvalue weighted by molar-refractivity contribution is -0.118. The molecule has 0 bridgehead atoms. The SMILES string of the molecule is CC(C)c1ccccc1OCC(=O)Nc1cc2c(cc1N1CCCCC1)n(C)c(=O)c(=O)n2C. The number of amides is 1. The summed E-state index contributed by atoms with van der Waals surface area (Å²) in [4.78, 5) is 39.9. The molecule has 0 spiro atoms. The Kier molecular flexibility index (Phi) is 6.77. The highest BCUT2D eigenvalue weighted by Crippen LogP contribution is 2.32. The Morgan fingerprint density at radius 3 is 2.24 bits per heavy atom. The molecule has 0 unspecified atom stereocenters. The molecule has 2 aromatic carbocycles. The van der Waals surface area contributed by atoms with Gasteiger partial charge in [-0.2, -0.15) is 0 Å². The van der Waals surface area contributed by atoms with Gasteiger partial charge >= 0.3 is 11.1 Å². The topological polar surface area (TPSA) is 85.6 Å². The van der Waals surface area contributed by atoms with E-state index in [1.54, 1.807) is 20.2 Å². The maximum atomic E-state index is 12.9. The van der Waals surface area contributed by atoms with E-state index in [1.165, 1.54) is 15.6 Å². The summed E-state index contributed by atoms with van der Waals surface area (Å²) in [6.45, 7) is 5.77. The molecule has 180 valence electrons. The molecule has 34 heavy (non-hydrogen) atoms. The second-order valence-corrected chi connectivity index (χ2v) is 9.16. The highest BCUT2D eigenvalue weighted by Gasteiger charge is 2.20. The molecule has 1 saturated heterocycles. The van der Waals surface area contributed by atoms with Gasteiger partial charge in [0.15, 0.2) is 6.61 Å². The van der Waals surface area contributed by atoms with E-state index in [9.17, 15) is 14.4 Å². The zero-order chi connectivity index (χ0) is 24.4. The van der Waals surface area contributed by atoms with Gasteiger partial charge in [-0.05, 0) is 48.9 Å². The average Bonchev–Trinajstić information content (AvgIpc) is 2.85. The van der Waals surface area contributed by atoms with Gasteiger partial charge in [0.25, 0.3) is 5.91 Å². The zero-order valence-corrected chi connectivity index (χ0v) is 20.3. The van der Waals surface area contributed by atoms with Crippen molar-refractivity contribution in [2.75, 3.05) is 29.9 Å². The number of hydrogen-bond donors (Lipinski definition) is 1. The molecule has 0 saturated carbocycles. The minimum absolute atomic E-state index is 0.132. The Morgan fingerprint density at radius 2 is 1.59 bits per heavy atom. The van der Waals surface area contributed by atoms with E-state index in [2.05, 4.69) is 24.1 Å². The van der Waals surface area contributed by atoms with Crippen LogP contribution in [0.4, 0.5) is 11.4 Å². The molecule has 1 aliphatic heterocycles. The standard InChI is InChI=1S/C26H32N4O4/c1-17(2)18-10-6-7-11-23(18)34-16-24(31)27-19-14-21-22(29(4)26(33)25(32)28(21)3)15-20(19)30-12-8-5-9-13-30/h6-7,10-11,14-15,17H,5,8-9,12-13,16H2,1-4H3,(H,27,31). The molecule has 1 amide bonds. The molecule has 1 aliphatic rings. The number of aromatic nitrogens is 2. The number of hydrogen-bond acceptors (Lipinski definition) is 5. The summed E-state index contributed by atoms with van der Waals surface area (Å²) >= 11 is 0. The number of para-hydroxylation sites is 1. The fourth-order valence-corrected chi connectivity index (χ4v) is 4.52. The van der Waals surface area contributed by atoms with Gasteiger partial charge in [0.05, 0.1) is 22.4 Å². The van der Waals surface area contributed by atoms with Crippen molar-refractivity contribution >= 4 is 28.3 Å². The van der Waals surface area contributed by atoms with Crippen molar-refractivity contribution < 1.29 is 9.53 Å². The van der Waals surface area contributed by atoms with E-state index in [0.29, 0.717) is 22.5 Å². The lowest BCUT2D eigenvalue weighted by atomic mass is 10.0. The highest BCUT2D eigenvalue weighted by atomic mass is 16.5. The van der Waals surface area contributed by atoms with E-state index in [-0.39, 0.29) is 18.4 Å². The Morgan fingerprint density at radius 1 is 0.971 bits per heavy atom. The van der Waals surface area contributed by atoms with Crippen molar-refractivity contribution in [1.29, 1.82) is 0 Å². The third-order valence-electron chi connectivity index (χ3n) is 6.48. The number of carbonyl (C=O) groups is 1. The molecule has 1 N–H and O–H groups in total. The minimum Gasteiger partial charge on any atom is -0.483 e. The normalized spacial score (nSPS) is 14.0. The van der Waals surface area contributed by atoms with Crippen LogP contribution in [-0.4, -0.2) is 34.7 Å². The summed E-state index contributed by atoms with van der Waals surface area (Å²) < 4.78 is 8.57. The van der Waals surface area contributed by atoms with Gasteiger partial charge in [0, 0.05) is 27.2 Å². The van der Waals surface area contributed by atoms with Gasteiger partial charge in [-0.15, -0.1) is 0 Å². The van der Waals surface area contributed by atoms with Crippen LogP contribution >= 0.6 is 0 Å². The van der Waals surface area contributed by atoms with Gasteiger partial charge in [0.1, 0.15) is 5.75 Å². The summed E-state index contributed by atoms with van der Waals surface area (Å²) in [6.07, 6.45) is 3.29. The van der Waals surface area contributed by atoms with Gasteiger partial charge in [-0.25, -0.2) is 0 Å². The number of rotatable bonds is 6. The molecule has 0 aliphatic carbocycles. The van der Waals surface area contributed by atoms with Crippen molar-refractivity contribution in [3.8, 4) is 5.75 Å². The first kappa shape index (κ1) is 23.6. The van der Waals surface area contributed by atoms with Crippen LogP contribution in [0.1, 0.15) is 44.6 Å². The third-order valence-corrected chi connectivity index (χ3v) is 6.48. The molecule has 4 rings (SSSR count). The van der Waals surface area contributed by atoms with Crippen molar-refractivity contribution in [2.24, 2.45) is 14.1 Å². The van der Waals surface area contributed by atoms with Crippen molar-refractivity contribution in [3.05, 3.63) is 62.7 Å². The maximum absolute atomic E-state index is 12.9. The fraction of sp³-hybridized carbons (Fsp3) is 0.423. The molecule has 8 nitrogen and oxygen atoms in total. The van der Waals surface area contributed by atoms with Crippen LogP contribution in [0.2, 0.25) is 0 Å². The summed E-state index contributed by atoms with van der Waals surface area (Å²) in [7, 11) is 3.18. The molecular formula is C26H32N4O4. The number of ether oxygens (including phenoxy) is 1. The number of piperidine rings is 1. The van der Waals surface area contributed by atoms with Crippen LogP contribution in [0.3, 0.4) is 0 Å². The summed E-state index contributed by atoms with van der Waals surface area (Å²) in [5.74, 6) is 0.684. The quantitative estimate of drug-likeness (QED) is 0.566. The van der Waals surface area contributed by atoms with Gasteiger partial charge < -0.3 is 24.1 Å². The van der Waals surface area contributed by atoms with Crippen LogP contribution in [0.5, 0.6) is 5.75 Å². The maximum Gasteiger partial charge on any atom is 0.316 e. The van der Waals surface area contributed by atoms with Gasteiger partial charge in [-0.3, -0.25) is 14.4 Å². The van der Waals surface area contributed by atoms with Crippen LogP contribution in [0, 0.1) is 0 Å².